The second kappa shape index (κ2) is 8.08. The van der Waals surface area contributed by atoms with Crippen LogP contribution in [0, 0.1) is 11.8 Å². The van der Waals surface area contributed by atoms with Gasteiger partial charge in [-0.3, -0.25) is 0 Å². The summed E-state index contributed by atoms with van der Waals surface area (Å²) in [6.07, 6.45) is 5.59. The Kier molecular flexibility index (Phi) is 7.06. The maximum Gasteiger partial charge on any atom is 0.00218 e. The first-order valence-corrected chi connectivity index (χ1v) is 7.15. The summed E-state index contributed by atoms with van der Waals surface area (Å²) in [6.45, 7) is 13.2. The summed E-state index contributed by atoms with van der Waals surface area (Å²) in [5, 5.41) is 3.49. The lowest BCUT2D eigenvalue weighted by Gasteiger charge is -2.33. The highest BCUT2D eigenvalue weighted by Gasteiger charge is 2.18. The third-order valence-corrected chi connectivity index (χ3v) is 3.54. The van der Waals surface area contributed by atoms with E-state index in [1.807, 2.05) is 0 Å². The predicted molar refractivity (Wildman–Crippen MR) is 71.8 cm³/mol. The van der Waals surface area contributed by atoms with Gasteiger partial charge in [0.25, 0.3) is 0 Å². The average molecular weight is 226 g/mol. The van der Waals surface area contributed by atoms with Crippen LogP contribution in [0.3, 0.4) is 0 Å². The van der Waals surface area contributed by atoms with E-state index in [9.17, 15) is 0 Å². The van der Waals surface area contributed by atoms with E-state index in [4.69, 9.17) is 0 Å². The lowest BCUT2D eigenvalue weighted by Crippen LogP contribution is -2.40. The molecule has 1 atom stereocenters. The van der Waals surface area contributed by atoms with Crippen molar-refractivity contribution >= 4 is 0 Å². The fourth-order valence-corrected chi connectivity index (χ4v) is 2.59. The molecular weight excluding hydrogens is 196 g/mol. The highest BCUT2D eigenvalue weighted by Crippen LogP contribution is 2.16. The van der Waals surface area contributed by atoms with Crippen molar-refractivity contribution in [2.45, 2.75) is 46.5 Å². The standard InChI is InChI=1S/C14H30N2/c1-4-15-11-14-8-6-10-16(12-14)9-5-7-13(2)3/h13-15H,4-12H2,1-3H3. The van der Waals surface area contributed by atoms with Gasteiger partial charge in [0.15, 0.2) is 0 Å². The van der Waals surface area contributed by atoms with Crippen molar-refractivity contribution in [2.75, 3.05) is 32.7 Å². The number of hydrogen-bond acceptors (Lipinski definition) is 2. The van der Waals surface area contributed by atoms with E-state index in [2.05, 4.69) is 31.0 Å². The molecular formula is C14H30N2. The molecule has 0 bridgehead atoms. The monoisotopic (exact) mass is 226 g/mol. The van der Waals surface area contributed by atoms with Gasteiger partial charge < -0.3 is 10.2 Å². The number of likely N-dealkylation sites (tertiary alicyclic amines) is 1. The van der Waals surface area contributed by atoms with E-state index < -0.39 is 0 Å². The summed E-state index contributed by atoms with van der Waals surface area (Å²) in [7, 11) is 0. The molecule has 0 aliphatic carbocycles. The quantitative estimate of drug-likeness (QED) is 0.718. The molecule has 0 radical (unpaired) electrons. The molecule has 2 nitrogen and oxygen atoms in total. The lowest BCUT2D eigenvalue weighted by molar-refractivity contribution is 0.168. The fourth-order valence-electron chi connectivity index (χ4n) is 2.59. The molecule has 1 fully saturated rings. The number of hydrogen-bond donors (Lipinski definition) is 1. The van der Waals surface area contributed by atoms with Gasteiger partial charge in [-0.25, -0.2) is 0 Å². The molecule has 1 unspecified atom stereocenters. The molecule has 96 valence electrons. The molecule has 1 aliphatic rings. The molecule has 2 heteroatoms. The van der Waals surface area contributed by atoms with Crippen LogP contribution in [0.5, 0.6) is 0 Å². The van der Waals surface area contributed by atoms with E-state index in [0.717, 1.165) is 18.4 Å². The van der Waals surface area contributed by atoms with Crippen molar-refractivity contribution in [3.8, 4) is 0 Å². The van der Waals surface area contributed by atoms with Gasteiger partial charge in [-0.15, -0.1) is 0 Å². The number of nitrogens with one attached hydrogen (secondary N) is 1. The number of rotatable bonds is 7. The Hall–Kier alpha value is -0.0800. The highest BCUT2D eigenvalue weighted by molar-refractivity contribution is 4.74. The van der Waals surface area contributed by atoms with Gasteiger partial charge in [-0.2, -0.15) is 0 Å². The van der Waals surface area contributed by atoms with E-state index in [-0.39, 0.29) is 0 Å². The zero-order valence-corrected chi connectivity index (χ0v) is 11.5. The Morgan fingerprint density at radius 1 is 1.38 bits per heavy atom. The second-order valence-corrected chi connectivity index (χ2v) is 5.65. The predicted octanol–water partition coefficient (Wildman–Crippen LogP) is 2.74. The molecule has 1 saturated heterocycles. The molecule has 0 aromatic rings. The maximum atomic E-state index is 3.49. The Morgan fingerprint density at radius 3 is 2.88 bits per heavy atom. The van der Waals surface area contributed by atoms with Crippen LogP contribution in [0.4, 0.5) is 0 Å². The third-order valence-electron chi connectivity index (χ3n) is 3.54. The molecule has 0 saturated carbocycles. The van der Waals surface area contributed by atoms with Crippen LogP contribution < -0.4 is 5.32 Å². The Labute approximate surface area is 102 Å². The van der Waals surface area contributed by atoms with Gasteiger partial charge in [0, 0.05) is 6.54 Å². The lowest BCUT2D eigenvalue weighted by atomic mass is 9.97. The van der Waals surface area contributed by atoms with Crippen LogP contribution in [0.25, 0.3) is 0 Å². The molecule has 1 heterocycles. The average Bonchev–Trinajstić information content (AvgIpc) is 2.26. The van der Waals surface area contributed by atoms with Crippen molar-refractivity contribution in [2.24, 2.45) is 11.8 Å². The zero-order chi connectivity index (χ0) is 11.8. The minimum absolute atomic E-state index is 0.863. The molecule has 0 aromatic carbocycles. The van der Waals surface area contributed by atoms with Crippen molar-refractivity contribution in [1.82, 2.24) is 10.2 Å². The Balaban J connectivity index is 2.12. The molecule has 0 aromatic heterocycles. The Morgan fingerprint density at radius 2 is 2.19 bits per heavy atom. The second-order valence-electron chi connectivity index (χ2n) is 5.65. The van der Waals surface area contributed by atoms with E-state index in [0.29, 0.717) is 0 Å². The van der Waals surface area contributed by atoms with Gasteiger partial charge in [0.1, 0.15) is 0 Å². The molecule has 1 rings (SSSR count). The summed E-state index contributed by atoms with van der Waals surface area (Å²) in [4.78, 5) is 2.67. The van der Waals surface area contributed by atoms with E-state index >= 15 is 0 Å². The van der Waals surface area contributed by atoms with Crippen molar-refractivity contribution in [1.29, 1.82) is 0 Å². The van der Waals surface area contributed by atoms with Crippen molar-refractivity contribution in [3.05, 3.63) is 0 Å². The largest absolute Gasteiger partial charge is 0.317 e. The van der Waals surface area contributed by atoms with Crippen LogP contribution in [0.15, 0.2) is 0 Å². The van der Waals surface area contributed by atoms with Gasteiger partial charge in [0.05, 0.1) is 0 Å². The molecule has 0 spiro atoms. The molecule has 0 amide bonds. The fraction of sp³-hybridized carbons (Fsp3) is 1.00. The normalized spacial score (nSPS) is 22.9. The summed E-state index contributed by atoms with van der Waals surface area (Å²) in [6, 6.07) is 0. The van der Waals surface area contributed by atoms with Gasteiger partial charge >= 0.3 is 0 Å². The first-order chi connectivity index (χ1) is 7.72. The highest BCUT2D eigenvalue weighted by atomic mass is 15.1. The van der Waals surface area contributed by atoms with Crippen LogP contribution in [0.2, 0.25) is 0 Å². The summed E-state index contributed by atoms with van der Waals surface area (Å²) < 4.78 is 0. The van der Waals surface area contributed by atoms with Crippen LogP contribution in [-0.2, 0) is 0 Å². The topological polar surface area (TPSA) is 15.3 Å². The van der Waals surface area contributed by atoms with E-state index in [1.165, 1.54) is 51.9 Å². The van der Waals surface area contributed by atoms with Crippen molar-refractivity contribution < 1.29 is 0 Å². The van der Waals surface area contributed by atoms with Crippen LogP contribution in [-0.4, -0.2) is 37.6 Å². The summed E-state index contributed by atoms with van der Waals surface area (Å²) >= 11 is 0. The minimum atomic E-state index is 0.863. The Bertz CT molecular complexity index is 168. The maximum absolute atomic E-state index is 3.49. The first kappa shape index (κ1) is 14.0. The van der Waals surface area contributed by atoms with Gasteiger partial charge in [-0.05, 0) is 63.7 Å². The van der Waals surface area contributed by atoms with Crippen molar-refractivity contribution in [3.63, 3.8) is 0 Å². The van der Waals surface area contributed by atoms with Gasteiger partial charge in [-0.1, -0.05) is 20.8 Å². The molecule has 1 N–H and O–H groups in total. The van der Waals surface area contributed by atoms with Gasteiger partial charge in [0.2, 0.25) is 0 Å². The molecule has 1 aliphatic heterocycles. The molecule has 16 heavy (non-hydrogen) atoms. The van der Waals surface area contributed by atoms with Crippen LogP contribution >= 0.6 is 0 Å². The summed E-state index contributed by atoms with van der Waals surface area (Å²) in [5.41, 5.74) is 0. The number of nitrogens with zero attached hydrogens (tertiary/aromatic N) is 1. The minimum Gasteiger partial charge on any atom is -0.317 e. The smallest absolute Gasteiger partial charge is 0.00218 e. The number of piperidine rings is 1. The van der Waals surface area contributed by atoms with E-state index in [1.54, 1.807) is 0 Å². The SMILES string of the molecule is CCNCC1CCCN(CCCC(C)C)C1. The summed E-state index contributed by atoms with van der Waals surface area (Å²) in [5.74, 6) is 1.76. The zero-order valence-electron chi connectivity index (χ0n) is 11.5. The van der Waals surface area contributed by atoms with Crippen LogP contribution in [0.1, 0.15) is 46.5 Å². The first-order valence-electron chi connectivity index (χ1n) is 7.15. The third kappa shape index (κ3) is 5.86.